The Morgan fingerprint density at radius 2 is 2.11 bits per heavy atom. The Kier molecular flexibility index (Phi) is 4.02. The van der Waals surface area contributed by atoms with Gasteiger partial charge in [0.15, 0.2) is 0 Å². The molecule has 0 fully saturated rings. The lowest BCUT2D eigenvalue weighted by atomic mass is 10.1. The average molecular weight is 277 g/mol. The predicted octanol–water partition coefficient (Wildman–Crippen LogP) is 2.27. The molecule has 4 nitrogen and oxygen atoms in total. The van der Waals surface area contributed by atoms with Gasteiger partial charge in [-0.25, -0.2) is 0 Å². The lowest BCUT2D eigenvalue weighted by Crippen LogP contribution is -2.24. The zero-order valence-electron chi connectivity index (χ0n) is 10.4. The van der Waals surface area contributed by atoms with Crippen LogP contribution in [0.2, 0.25) is 5.02 Å². The minimum Gasteiger partial charge on any atom is -0.348 e. The first kappa shape index (κ1) is 13.4. The van der Waals surface area contributed by atoms with Gasteiger partial charge in [0.1, 0.15) is 5.02 Å². The fraction of sp³-hybridized carbons (Fsp3) is 0.143. The normalized spacial score (nSPS) is 10.2. The van der Waals surface area contributed by atoms with Crippen LogP contribution in [0.5, 0.6) is 0 Å². The minimum absolute atomic E-state index is 0.00328. The molecule has 1 aromatic heterocycles. The summed E-state index contributed by atoms with van der Waals surface area (Å²) in [6, 6.07) is 9.16. The molecule has 19 heavy (non-hydrogen) atoms. The number of rotatable bonds is 3. The molecule has 1 heterocycles. The third-order valence-electron chi connectivity index (χ3n) is 2.82. The van der Waals surface area contributed by atoms with Gasteiger partial charge in [0.25, 0.3) is 11.5 Å². The molecule has 0 radical (unpaired) electrons. The number of carbonyl (C=O) groups is 1. The number of halogens is 1. The minimum atomic E-state index is -0.405. The number of benzene rings is 1. The maximum atomic E-state index is 11.9. The highest BCUT2D eigenvalue weighted by molar-refractivity contribution is 6.30. The van der Waals surface area contributed by atoms with Gasteiger partial charge >= 0.3 is 0 Å². The Labute approximate surface area is 115 Å². The van der Waals surface area contributed by atoms with Gasteiger partial charge in [0.2, 0.25) is 0 Å². The highest BCUT2D eigenvalue weighted by Gasteiger charge is 2.08. The molecule has 0 spiro atoms. The summed E-state index contributed by atoms with van der Waals surface area (Å²) in [6.45, 7) is 2.42. The molecule has 0 saturated carbocycles. The second-order valence-electron chi connectivity index (χ2n) is 4.17. The molecule has 5 heteroatoms. The van der Waals surface area contributed by atoms with Crippen molar-refractivity contribution in [3.63, 3.8) is 0 Å². The SMILES string of the molecule is Cc1ccccc1CNC(=O)c1c[nH]c(=O)c(Cl)c1. The second kappa shape index (κ2) is 5.71. The summed E-state index contributed by atoms with van der Waals surface area (Å²) in [4.78, 5) is 25.4. The average Bonchev–Trinajstić information content (AvgIpc) is 2.40. The van der Waals surface area contributed by atoms with Crippen LogP contribution < -0.4 is 10.9 Å². The fourth-order valence-corrected chi connectivity index (χ4v) is 1.85. The Hall–Kier alpha value is -2.07. The number of hydrogen-bond donors (Lipinski definition) is 2. The molecular weight excluding hydrogens is 264 g/mol. The molecule has 98 valence electrons. The molecule has 1 aromatic carbocycles. The van der Waals surface area contributed by atoms with E-state index in [-0.39, 0.29) is 10.9 Å². The number of aromatic nitrogens is 1. The summed E-state index contributed by atoms with van der Waals surface area (Å²) >= 11 is 5.68. The van der Waals surface area contributed by atoms with Crippen LogP contribution in [0.15, 0.2) is 41.3 Å². The van der Waals surface area contributed by atoms with Crippen molar-refractivity contribution in [3.8, 4) is 0 Å². The number of pyridine rings is 1. The highest BCUT2D eigenvalue weighted by Crippen LogP contribution is 2.08. The number of aryl methyl sites for hydroxylation is 1. The van der Waals surface area contributed by atoms with E-state index < -0.39 is 5.56 Å². The van der Waals surface area contributed by atoms with Gasteiger partial charge in [0, 0.05) is 12.7 Å². The van der Waals surface area contributed by atoms with Gasteiger partial charge in [-0.1, -0.05) is 35.9 Å². The van der Waals surface area contributed by atoms with E-state index in [9.17, 15) is 9.59 Å². The van der Waals surface area contributed by atoms with Gasteiger partial charge in [-0.05, 0) is 24.1 Å². The fourth-order valence-electron chi connectivity index (χ4n) is 1.67. The smallest absolute Gasteiger partial charge is 0.266 e. The van der Waals surface area contributed by atoms with Gasteiger partial charge in [0.05, 0.1) is 5.56 Å². The maximum absolute atomic E-state index is 11.9. The van der Waals surface area contributed by atoms with Crippen molar-refractivity contribution in [3.05, 3.63) is 68.6 Å². The number of hydrogen-bond acceptors (Lipinski definition) is 2. The lowest BCUT2D eigenvalue weighted by Gasteiger charge is -2.07. The van der Waals surface area contributed by atoms with Crippen LogP contribution in [0.25, 0.3) is 0 Å². The summed E-state index contributed by atoms with van der Waals surface area (Å²) in [7, 11) is 0. The van der Waals surface area contributed by atoms with Crippen molar-refractivity contribution in [2.45, 2.75) is 13.5 Å². The van der Waals surface area contributed by atoms with Crippen LogP contribution in [0.3, 0.4) is 0 Å². The van der Waals surface area contributed by atoms with E-state index in [1.165, 1.54) is 12.3 Å². The van der Waals surface area contributed by atoms with Crippen LogP contribution in [0.4, 0.5) is 0 Å². The molecule has 0 atom stereocenters. The molecule has 0 saturated heterocycles. The van der Waals surface area contributed by atoms with Gasteiger partial charge in [-0.2, -0.15) is 0 Å². The molecular formula is C14H13ClN2O2. The van der Waals surface area contributed by atoms with Crippen LogP contribution in [0.1, 0.15) is 21.5 Å². The first-order chi connectivity index (χ1) is 9.08. The largest absolute Gasteiger partial charge is 0.348 e. The molecule has 2 N–H and O–H groups in total. The molecule has 0 aliphatic carbocycles. The molecule has 0 unspecified atom stereocenters. The van der Waals surface area contributed by atoms with Crippen LogP contribution >= 0.6 is 11.6 Å². The van der Waals surface area contributed by atoms with Crippen molar-refractivity contribution in [2.24, 2.45) is 0 Å². The van der Waals surface area contributed by atoms with Crippen molar-refractivity contribution in [2.75, 3.05) is 0 Å². The monoisotopic (exact) mass is 276 g/mol. The standard InChI is InChI=1S/C14H13ClN2O2/c1-9-4-2-3-5-10(9)7-16-13(18)11-6-12(15)14(19)17-8-11/h2-6,8H,7H2,1H3,(H,16,18)(H,17,19). The van der Waals surface area contributed by atoms with Crippen molar-refractivity contribution in [1.29, 1.82) is 0 Å². The summed E-state index contributed by atoms with van der Waals surface area (Å²) < 4.78 is 0. The molecule has 2 aromatic rings. The lowest BCUT2D eigenvalue weighted by molar-refractivity contribution is 0.0950. The van der Waals surface area contributed by atoms with Gasteiger partial charge in [-0.15, -0.1) is 0 Å². The molecule has 0 aliphatic heterocycles. The first-order valence-electron chi connectivity index (χ1n) is 5.79. The third kappa shape index (κ3) is 3.23. The number of amides is 1. The van der Waals surface area contributed by atoms with Gasteiger partial charge in [-0.3, -0.25) is 9.59 Å². The van der Waals surface area contributed by atoms with Crippen LogP contribution in [-0.2, 0) is 6.54 Å². The van der Waals surface area contributed by atoms with Crippen LogP contribution in [0, 0.1) is 6.92 Å². The number of H-pyrrole nitrogens is 1. The maximum Gasteiger partial charge on any atom is 0.266 e. The zero-order chi connectivity index (χ0) is 13.8. The van der Waals surface area contributed by atoms with Gasteiger partial charge < -0.3 is 10.3 Å². The second-order valence-corrected chi connectivity index (χ2v) is 4.58. The van der Waals surface area contributed by atoms with E-state index >= 15 is 0 Å². The van der Waals surface area contributed by atoms with E-state index in [1.807, 2.05) is 31.2 Å². The van der Waals surface area contributed by atoms with E-state index in [0.29, 0.717) is 12.1 Å². The molecule has 0 bridgehead atoms. The molecule has 2 rings (SSSR count). The Morgan fingerprint density at radius 3 is 2.79 bits per heavy atom. The number of aromatic amines is 1. The van der Waals surface area contributed by atoms with Crippen molar-refractivity contribution >= 4 is 17.5 Å². The van der Waals surface area contributed by atoms with E-state index in [4.69, 9.17) is 11.6 Å². The Balaban J connectivity index is 2.08. The molecule has 1 amide bonds. The predicted molar refractivity (Wildman–Crippen MR) is 74.4 cm³/mol. The summed E-state index contributed by atoms with van der Waals surface area (Å²) in [5.41, 5.74) is 2.09. The number of nitrogens with one attached hydrogen (secondary N) is 2. The van der Waals surface area contributed by atoms with Crippen molar-refractivity contribution in [1.82, 2.24) is 10.3 Å². The Bertz CT molecular complexity index is 664. The van der Waals surface area contributed by atoms with Crippen LogP contribution in [-0.4, -0.2) is 10.9 Å². The molecule has 0 aliphatic rings. The Morgan fingerprint density at radius 1 is 1.37 bits per heavy atom. The first-order valence-corrected chi connectivity index (χ1v) is 6.16. The van der Waals surface area contributed by atoms with Crippen molar-refractivity contribution < 1.29 is 4.79 Å². The van der Waals surface area contributed by atoms with E-state index in [1.54, 1.807) is 0 Å². The van der Waals surface area contributed by atoms with E-state index in [0.717, 1.165) is 11.1 Å². The topological polar surface area (TPSA) is 62.0 Å². The zero-order valence-corrected chi connectivity index (χ0v) is 11.1. The summed E-state index contributed by atoms with van der Waals surface area (Å²) in [5.74, 6) is -0.276. The third-order valence-corrected chi connectivity index (χ3v) is 3.10. The van der Waals surface area contributed by atoms with E-state index in [2.05, 4.69) is 10.3 Å². The quantitative estimate of drug-likeness (QED) is 0.903. The number of carbonyl (C=O) groups excluding carboxylic acids is 1. The summed E-state index contributed by atoms with van der Waals surface area (Å²) in [5, 5.41) is 2.79. The highest BCUT2D eigenvalue weighted by atomic mass is 35.5. The summed E-state index contributed by atoms with van der Waals surface area (Å²) in [6.07, 6.45) is 1.35.